The van der Waals surface area contributed by atoms with Gasteiger partial charge in [-0.3, -0.25) is 0 Å². The first kappa shape index (κ1) is 14.6. The number of nitrogens with zero attached hydrogens (tertiary/aromatic N) is 1. The monoisotopic (exact) mass is 320 g/mol. The van der Waals surface area contributed by atoms with Gasteiger partial charge in [0.2, 0.25) is 0 Å². The van der Waals surface area contributed by atoms with E-state index in [1.807, 2.05) is 0 Å². The van der Waals surface area contributed by atoms with Crippen molar-refractivity contribution >= 4 is 16.9 Å². The first-order valence-electron chi connectivity index (χ1n) is 6.26. The average Bonchev–Trinajstić information content (AvgIpc) is 2.78. The van der Waals surface area contributed by atoms with Gasteiger partial charge in [-0.1, -0.05) is 30.0 Å². The molecule has 3 rings (SSSR count). The molecule has 1 aromatic rings. The summed E-state index contributed by atoms with van der Waals surface area (Å²) in [7, 11) is 0. The highest BCUT2D eigenvalue weighted by atomic mass is 32.2. The van der Waals surface area contributed by atoms with Crippen molar-refractivity contribution in [3.05, 3.63) is 35.6 Å². The number of benzene rings is 1. The van der Waals surface area contributed by atoms with Gasteiger partial charge in [0.05, 0.1) is 6.61 Å². The van der Waals surface area contributed by atoms with Gasteiger partial charge in [-0.15, -0.1) is 0 Å². The molecular weight excluding hydrogens is 308 g/mol. The highest BCUT2D eigenvalue weighted by molar-refractivity contribution is 8.13. The number of amidine groups is 1. The van der Waals surface area contributed by atoms with Gasteiger partial charge in [-0.25, -0.2) is 9.38 Å². The summed E-state index contributed by atoms with van der Waals surface area (Å²) in [5.41, 5.74) is 4.37. The van der Waals surface area contributed by atoms with Crippen LogP contribution in [0.25, 0.3) is 0 Å². The summed E-state index contributed by atoms with van der Waals surface area (Å²) in [6, 6.07) is 5.69. The third-order valence-corrected chi connectivity index (χ3v) is 4.76. The number of thioether (sulfide) groups is 1. The highest BCUT2D eigenvalue weighted by Gasteiger charge is 2.61. The average molecular weight is 320 g/mol. The minimum absolute atomic E-state index is 0.0911. The largest absolute Gasteiger partial charge is 0.415 e. The Bertz CT molecular complexity index is 592. The Hall–Kier alpha value is -1.28. The number of nitrogens with two attached hydrogens (primary N) is 1. The quantitative estimate of drug-likeness (QED) is 0.809. The van der Waals surface area contributed by atoms with Crippen molar-refractivity contribution in [3.8, 4) is 0 Å². The van der Waals surface area contributed by atoms with Crippen molar-refractivity contribution in [1.29, 1.82) is 0 Å². The summed E-state index contributed by atoms with van der Waals surface area (Å²) in [5, 5.41) is 0.154. The van der Waals surface area contributed by atoms with Crippen LogP contribution in [0.15, 0.2) is 29.3 Å². The maximum Gasteiger partial charge on any atom is 0.415 e. The second kappa shape index (κ2) is 4.88. The molecule has 0 spiro atoms. The van der Waals surface area contributed by atoms with Crippen LogP contribution in [0, 0.1) is 11.7 Å². The van der Waals surface area contributed by atoms with E-state index in [1.54, 1.807) is 6.07 Å². The van der Waals surface area contributed by atoms with Gasteiger partial charge in [-0.2, -0.15) is 13.2 Å². The molecule has 1 aromatic carbocycles. The van der Waals surface area contributed by atoms with Crippen molar-refractivity contribution < 1.29 is 22.3 Å². The van der Waals surface area contributed by atoms with Crippen LogP contribution < -0.4 is 5.73 Å². The Balaban J connectivity index is 2.13. The number of halogens is 4. The van der Waals surface area contributed by atoms with E-state index in [0.717, 1.165) is 11.8 Å². The van der Waals surface area contributed by atoms with E-state index in [0.29, 0.717) is 0 Å². The van der Waals surface area contributed by atoms with Crippen LogP contribution in [-0.2, 0) is 10.3 Å². The van der Waals surface area contributed by atoms with E-state index < -0.39 is 29.6 Å². The van der Waals surface area contributed by atoms with Crippen molar-refractivity contribution in [3.63, 3.8) is 0 Å². The molecule has 3 atom stereocenters. The number of fused-ring (bicyclic) bond motifs is 1. The fourth-order valence-electron chi connectivity index (χ4n) is 2.91. The van der Waals surface area contributed by atoms with E-state index in [1.165, 1.54) is 18.2 Å². The Labute approximate surface area is 122 Å². The molecule has 0 amide bonds. The lowest BCUT2D eigenvalue weighted by molar-refractivity contribution is -0.215. The second-order valence-corrected chi connectivity index (χ2v) is 6.09. The molecule has 0 bridgehead atoms. The number of hydrogen-bond acceptors (Lipinski definition) is 4. The lowest BCUT2D eigenvalue weighted by Gasteiger charge is -2.36. The maximum absolute atomic E-state index is 14.1. The number of ether oxygens (including phenoxy) is 1. The number of alkyl halides is 3. The predicted octanol–water partition coefficient (Wildman–Crippen LogP) is 2.66. The van der Waals surface area contributed by atoms with E-state index in [2.05, 4.69) is 4.99 Å². The summed E-state index contributed by atoms with van der Waals surface area (Å²) < 4.78 is 58.4. The molecule has 0 aliphatic carbocycles. The molecule has 114 valence electrons. The van der Waals surface area contributed by atoms with Gasteiger partial charge >= 0.3 is 6.18 Å². The van der Waals surface area contributed by atoms with Gasteiger partial charge < -0.3 is 10.5 Å². The molecule has 0 saturated carbocycles. The van der Waals surface area contributed by atoms with Crippen LogP contribution in [-0.4, -0.2) is 29.8 Å². The van der Waals surface area contributed by atoms with Crippen LogP contribution in [0.4, 0.5) is 17.6 Å². The molecule has 0 radical (unpaired) electrons. The Morgan fingerprint density at radius 1 is 1.33 bits per heavy atom. The lowest BCUT2D eigenvalue weighted by Crippen LogP contribution is -2.46. The van der Waals surface area contributed by atoms with E-state index in [4.69, 9.17) is 10.5 Å². The second-order valence-electron chi connectivity index (χ2n) is 5.04. The fraction of sp³-hybridized carbons (Fsp3) is 0.462. The smallest absolute Gasteiger partial charge is 0.379 e. The lowest BCUT2D eigenvalue weighted by atomic mass is 9.78. The van der Waals surface area contributed by atoms with Crippen molar-refractivity contribution in [2.45, 2.75) is 17.8 Å². The molecule has 2 heterocycles. The minimum Gasteiger partial charge on any atom is -0.379 e. The van der Waals surface area contributed by atoms with Crippen LogP contribution in [0.5, 0.6) is 0 Å². The minimum atomic E-state index is -4.51. The number of rotatable bonds is 1. The van der Waals surface area contributed by atoms with Gasteiger partial charge in [0.15, 0.2) is 11.3 Å². The summed E-state index contributed by atoms with van der Waals surface area (Å²) >= 11 is 1.04. The van der Waals surface area contributed by atoms with Crippen molar-refractivity contribution in [1.82, 2.24) is 0 Å². The molecule has 3 nitrogen and oxygen atoms in total. The van der Waals surface area contributed by atoms with Crippen LogP contribution in [0.3, 0.4) is 0 Å². The van der Waals surface area contributed by atoms with Crippen molar-refractivity contribution in [2.75, 3.05) is 12.4 Å². The molecule has 1 saturated heterocycles. The molecular formula is C13H12F4N2OS. The predicted molar refractivity (Wildman–Crippen MR) is 71.4 cm³/mol. The molecule has 2 N–H and O–H groups in total. The highest BCUT2D eigenvalue weighted by Crippen LogP contribution is 2.51. The molecule has 0 aromatic heterocycles. The first-order valence-corrected chi connectivity index (χ1v) is 7.24. The van der Waals surface area contributed by atoms with Crippen molar-refractivity contribution in [2.24, 2.45) is 16.6 Å². The van der Waals surface area contributed by atoms with E-state index in [-0.39, 0.29) is 23.1 Å². The zero-order valence-electron chi connectivity index (χ0n) is 10.7. The summed E-state index contributed by atoms with van der Waals surface area (Å²) in [6.45, 7) is -0.329. The standard InChI is InChI=1S/C13H12F4N2OS/c14-9-4-2-1-3-7(9)12-6-20-10(13(15,16)17)8(12)5-21-11(18)19-12/h1-4,8,10H,5-6H2,(H2,18,19)/t8-,10+,12-/m1/s1. The number of hydrogen-bond donors (Lipinski definition) is 1. The molecule has 2 aliphatic heterocycles. The third kappa shape index (κ3) is 2.30. The molecule has 21 heavy (non-hydrogen) atoms. The third-order valence-electron chi connectivity index (χ3n) is 3.85. The summed E-state index contributed by atoms with van der Waals surface area (Å²) in [5.74, 6) is -1.50. The Morgan fingerprint density at radius 3 is 2.71 bits per heavy atom. The fourth-order valence-corrected chi connectivity index (χ4v) is 3.94. The van der Waals surface area contributed by atoms with Gasteiger partial charge in [0, 0.05) is 17.2 Å². The summed E-state index contributed by atoms with van der Waals surface area (Å²) in [4.78, 5) is 4.16. The molecule has 8 heteroatoms. The van der Waals surface area contributed by atoms with Gasteiger partial charge in [0.1, 0.15) is 11.4 Å². The van der Waals surface area contributed by atoms with E-state index in [9.17, 15) is 17.6 Å². The summed E-state index contributed by atoms with van der Waals surface area (Å²) in [6.07, 6.45) is -6.47. The molecule has 2 aliphatic rings. The SMILES string of the molecule is NC1=N[C@@]2(c3ccccc3F)CO[C@H](C(F)(F)F)[C@H]2CS1. The van der Waals surface area contributed by atoms with Crippen LogP contribution in [0.2, 0.25) is 0 Å². The maximum atomic E-state index is 14.1. The van der Waals surface area contributed by atoms with Crippen LogP contribution in [0.1, 0.15) is 5.56 Å². The van der Waals surface area contributed by atoms with Gasteiger partial charge in [-0.05, 0) is 6.07 Å². The normalized spacial score (nSPS) is 32.7. The number of aliphatic imine (C=N–C) groups is 1. The van der Waals surface area contributed by atoms with Gasteiger partial charge in [0.25, 0.3) is 0 Å². The topological polar surface area (TPSA) is 47.6 Å². The Kier molecular flexibility index (Phi) is 3.40. The molecule has 0 unspecified atom stereocenters. The molecule has 1 fully saturated rings. The first-order chi connectivity index (χ1) is 9.84. The van der Waals surface area contributed by atoms with Crippen LogP contribution >= 0.6 is 11.8 Å². The van der Waals surface area contributed by atoms with E-state index >= 15 is 0 Å². The zero-order chi connectivity index (χ0) is 15.3. The zero-order valence-corrected chi connectivity index (χ0v) is 11.5. The Morgan fingerprint density at radius 2 is 2.05 bits per heavy atom.